The van der Waals surface area contributed by atoms with Crippen molar-refractivity contribution < 1.29 is 14.8 Å². The number of carboxylic acids is 1. The highest BCUT2D eigenvalue weighted by Crippen LogP contribution is 2.25. The molecule has 1 rings (SSSR count). The van der Waals surface area contributed by atoms with Gasteiger partial charge < -0.3 is 20.5 Å². The molecular formula is C10H16N4O4. The van der Waals surface area contributed by atoms with Crippen LogP contribution in [-0.2, 0) is 11.8 Å². The summed E-state index contributed by atoms with van der Waals surface area (Å²) in [6.07, 6.45) is 0. The second kappa shape index (κ2) is 5.03. The Morgan fingerprint density at radius 3 is 2.50 bits per heavy atom. The van der Waals surface area contributed by atoms with Crippen molar-refractivity contribution in [2.24, 2.45) is 13.0 Å². The average Bonchev–Trinajstić information content (AvgIpc) is 2.52. The first-order chi connectivity index (χ1) is 8.25. The smallest absolute Gasteiger partial charge is 0.406 e. The van der Waals surface area contributed by atoms with Crippen LogP contribution >= 0.6 is 0 Å². The summed E-state index contributed by atoms with van der Waals surface area (Å²) in [5, 5.41) is 22.6. The molecule has 1 aromatic heterocycles. The molecule has 8 nitrogen and oxygen atoms in total. The monoisotopic (exact) mass is 256 g/mol. The lowest BCUT2D eigenvalue weighted by atomic mass is 10.1. The normalized spacial score (nSPS) is 12.5. The van der Waals surface area contributed by atoms with Crippen LogP contribution in [0.5, 0.6) is 0 Å². The molecule has 0 aromatic carbocycles. The third-order valence-electron chi connectivity index (χ3n) is 2.70. The second-order valence-corrected chi connectivity index (χ2v) is 4.35. The number of carbonyl (C=O) groups is 1. The van der Waals surface area contributed by atoms with E-state index in [1.165, 1.54) is 4.57 Å². The number of nitrogens with zero attached hydrogens (tertiary/aromatic N) is 3. The molecule has 8 heteroatoms. The highest BCUT2D eigenvalue weighted by molar-refractivity contribution is 5.78. The molecule has 100 valence electrons. The largest absolute Gasteiger partial charge is 0.480 e. The minimum atomic E-state index is -1.06. The molecular weight excluding hydrogens is 240 g/mol. The van der Waals surface area contributed by atoms with Crippen molar-refractivity contribution in [1.82, 2.24) is 9.55 Å². The number of hydrogen-bond donors (Lipinski definition) is 2. The van der Waals surface area contributed by atoms with Crippen molar-refractivity contribution in [1.29, 1.82) is 0 Å². The average molecular weight is 256 g/mol. The van der Waals surface area contributed by atoms with Crippen LogP contribution in [0.2, 0.25) is 0 Å². The Labute approximate surface area is 104 Å². The molecule has 0 amide bonds. The SMILES string of the molecule is Cc1nc([N+](=O)[O-])c(NC(C(=O)O)C(C)C)n1C. The standard InChI is InChI=1S/C10H16N4O4/c1-5(2)7(10(15)16)12-8-9(14(17)18)11-6(3)13(8)4/h5,7,12H,1-4H3,(H,15,16). The summed E-state index contributed by atoms with van der Waals surface area (Å²) in [5.41, 5.74) is 0. The van der Waals surface area contributed by atoms with E-state index in [-0.39, 0.29) is 17.6 Å². The van der Waals surface area contributed by atoms with Gasteiger partial charge in [-0.05, 0) is 15.8 Å². The maximum absolute atomic E-state index is 11.1. The Bertz CT molecular complexity index is 480. The number of anilines is 1. The van der Waals surface area contributed by atoms with Gasteiger partial charge in [-0.25, -0.2) is 4.79 Å². The first-order valence-corrected chi connectivity index (χ1v) is 5.42. The third-order valence-corrected chi connectivity index (χ3v) is 2.70. The number of rotatable bonds is 5. The van der Waals surface area contributed by atoms with Gasteiger partial charge in [0.15, 0.2) is 0 Å². The van der Waals surface area contributed by atoms with E-state index < -0.39 is 16.9 Å². The van der Waals surface area contributed by atoms with Crippen molar-refractivity contribution in [2.75, 3.05) is 5.32 Å². The van der Waals surface area contributed by atoms with E-state index in [1.807, 2.05) is 0 Å². The minimum Gasteiger partial charge on any atom is -0.480 e. The van der Waals surface area contributed by atoms with E-state index in [9.17, 15) is 14.9 Å². The van der Waals surface area contributed by atoms with Crippen LogP contribution in [0.25, 0.3) is 0 Å². The molecule has 0 bridgehead atoms. The molecule has 1 atom stereocenters. The summed E-state index contributed by atoms with van der Waals surface area (Å²) in [6.45, 7) is 5.06. The Kier molecular flexibility index (Phi) is 3.89. The van der Waals surface area contributed by atoms with Crippen LogP contribution in [0, 0.1) is 23.0 Å². The van der Waals surface area contributed by atoms with Crippen molar-refractivity contribution in [3.05, 3.63) is 15.9 Å². The predicted octanol–water partition coefficient (Wildman–Crippen LogP) is 1.16. The minimum absolute atomic E-state index is 0.110. The van der Waals surface area contributed by atoms with Crippen molar-refractivity contribution in [3.63, 3.8) is 0 Å². The molecule has 1 aromatic rings. The number of carboxylic acid groups (broad SMARTS) is 1. The number of imidazole rings is 1. The van der Waals surface area contributed by atoms with Gasteiger partial charge in [0.2, 0.25) is 11.6 Å². The van der Waals surface area contributed by atoms with Crippen LogP contribution in [0.3, 0.4) is 0 Å². The highest BCUT2D eigenvalue weighted by atomic mass is 16.6. The molecule has 18 heavy (non-hydrogen) atoms. The zero-order chi connectivity index (χ0) is 14.0. The molecule has 0 aliphatic carbocycles. The van der Waals surface area contributed by atoms with Gasteiger partial charge in [-0.2, -0.15) is 0 Å². The third kappa shape index (κ3) is 2.58. The Morgan fingerprint density at radius 1 is 1.56 bits per heavy atom. The summed E-state index contributed by atoms with van der Waals surface area (Å²) in [4.78, 5) is 25.1. The second-order valence-electron chi connectivity index (χ2n) is 4.35. The molecule has 0 saturated heterocycles. The molecule has 2 N–H and O–H groups in total. The molecule has 1 unspecified atom stereocenters. The molecule has 0 aliphatic heterocycles. The van der Waals surface area contributed by atoms with Crippen molar-refractivity contribution in [3.8, 4) is 0 Å². The van der Waals surface area contributed by atoms with Crippen molar-refractivity contribution in [2.45, 2.75) is 26.8 Å². The molecule has 0 aliphatic rings. The molecule has 0 fully saturated rings. The number of aliphatic carboxylic acids is 1. The van der Waals surface area contributed by atoms with Gasteiger partial charge in [-0.3, -0.25) is 4.57 Å². The molecule has 0 spiro atoms. The first kappa shape index (κ1) is 13.9. The summed E-state index contributed by atoms with van der Waals surface area (Å²) in [5.74, 6) is -1.08. The van der Waals surface area contributed by atoms with Gasteiger partial charge >= 0.3 is 11.8 Å². The zero-order valence-corrected chi connectivity index (χ0v) is 10.7. The lowest BCUT2D eigenvalue weighted by Gasteiger charge is -2.18. The number of nitrogens with one attached hydrogen (secondary N) is 1. The van der Waals surface area contributed by atoms with E-state index in [0.717, 1.165) is 0 Å². The molecule has 0 radical (unpaired) electrons. The predicted molar refractivity (Wildman–Crippen MR) is 64.5 cm³/mol. The summed E-state index contributed by atoms with van der Waals surface area (Å²) in [7, 11) is 1.59. The van der Waals surface area contributed by atoms with Gasteiger partial charge in [-0.15, -0.1) is 0 Å². The number of aromatic nitrogens is 2. The van der Waals surface area contributed by atoms with Crippen LogP contribution < -0.4 is 5.32 Å². The van der Waals surface area contributed by atoms with Gasteiger partial charge in [0.25, 0.3) is 0 Å². The lowest BCUT2D eigenvalue weighted by molar-refractivity contribution is -0.388. The Balaban J connectivity index is 3.16. The Hall–Kier alpha value is -2.12. The van der Waals surface area contributed by atoms with Crippen LogP contribution in [0.4, 0.5) is 11.6 Å². The van der Waals surface area contributed by atoms with E-state index >= 15 is 0 Å². The van der Waals surface area contributed by atoms with E-state index in [4.69, 9.17) is 5.11 Å². The quantitative estimate of drug-likeness (QED) is 0.604. The Morgan fingerprint density at radius 2 is 2.11 bits per heavy atom. The van der Waals surface area contributed by atoms with E-state index in [0.29, 0.717) is 5.82 Å². The van der Waals surface area contributed by atoms with Gasteiger partial charge in [0, 0.05) is 14.0 Å². The fourth-order valence-corrected chi connectivity index (χ4v) is 1.54. The number of nitro groups is 1. The van der Waals surface area contributed by atoms with Crippen molar-refractivity contribution >= 4 is 17.6 Å². The number of hydrogen-bond acceptors (Lipinski definition) is 5. The first-order valence-electron chi connectivity index (χ1n) is 5.42. The van der Waals surface area contributed by atoms with Gasteiger partial charge in [-0.1, -0.05) is 13.8 Å². The van der Waals surface area contributed by atoms with Crippen LogP contribution in [0.15, 0.2) is 0 Å². The van der Waals surface area contributed by atoms with E-state index in [2.05, 4.69) is 10.3 Å². The zero-order valence-electron chi connectivity index (χ0n) is 10.7. The number of aryl methyl sites for hydroxylation is 1. The summed E-state index contributed by atoms with van der Waals surface area (Å²) >= 11 is 0. The van der Waals surface area contributed by atoms with Crippen LogP contribution in [0.1, 0.15) is 19.7 Å². The molecule has 0 saturated carbocycles. The maximum atomic E-state index is 11.1. The van der Waals surface area contributed by atoms with Gasteiger partial charge in [0.05, 0.1) is 0 Å². The summed E-state index contributed by atoms with van der Waals surface area (Å²) < 4.78 is 1.47. The fraction of sp³-hybridized carbons (Fsp3) is 0.600. The lowest BCUT2D eigenvalue weighted by Crippen LogP contribution is -2.35. The summed E-state index contributed by atoms with van der Waals surface area (Å²) in [6, 6.07) is -0.904. The van der Waals surface area contributed by atoms with Crippen LogP contribution in [-0.4, -0.2) is 31.6 Å². The topological polar surface area (TPSA) is 110 Å². The van der Waals surface area contributed by atoms with E-state index in [1.54, 1.807) is 27.8 Å². The molecule has 1 heterocycles. The fourth-order valence-electron chi connectivity index (χ4n) is 1.54. The highest BCUT2D eigenvalue weighted by Gasteiger charge is 2.29. The maximum Gasteiger partial charge on any atom is 0.406 e. The van der Waals surface area contributed by atoms with Gasteiger partial charge in [0.1, 0.15) is 6.04 Å².